The van der Waals surface area contributed by atoms with Crippen molar-refractivity contribution in [1.29, 1.82) is 0 Å². The Hall–Kier alpha value is -2.64. The zero-order valence-electron chi connectivity index (χ0n) is 14.5. The van der Waals surface area contributed by atoms with Crippen LogP contribution in [0.5, 0.6) is 11.5 Å². The summed E-state index contributed by atoms with van der Waals surface area (Å²) in [5.41, 5.74) is 0.765. The van der Waals surface area contributed by atoms with Gasteiger partial charge < -0.3 is 18.8 Å². The Morgan fingerprint density at radius 1 is 1.15 bits per heavy atom. The quantitative estimate of drug-likeness (QED) is 0.708. The van der Waals surface area contributed by atoms with Gasteiger partial charge in [-0.25, -0.2) is 0 Å². The summed E-state index contributed by atoms with van der Waals surface area (Å²) in [6.07, 6.45) is -2.90. The standard InChI is InChI=1S/C18H20F3NO4/c1-24-15-7-5-13(10-16(15)25-2)6-8-17(23)22(12-18(19,20)21)11-14-4-3-9-26-14/h3-5,7,9-10H,6,8,11-12H2,1-2H3. The maximum atomic E-state index is 12.8. The Labute approximate surface area is 149 Å². The lowest BCUT2D eigenvalue weighted by Gasteiger charge is -2.23. The molecule has 0 aliphatic rings. The molecule has 2 aromatic rings. The van der Waals surface area contributed by atoms with Gasteiger partial charge >= 0.3 is 6.18 Å². The van der Waals surface area contributed by atoms with Crippen LogP contribution >= 0.6 is 0 Å². The molecule has 142 valence electrons. The lowest BCUT2D eigenvalue weighted by atomic mass is 10.1. The van der Waals surface area contributed by atoms with Crippen LogP contribution in [0.1, 0.15) is 17.7 Å². The van der Waals surface area contributed by atoms with Crippen LogP contribution in [0.25, 0.3) is 0 Å². The average Bonchev–Trinajstić information content (AvgIpc) is 3.10. The van der Waals surface area contributed by atoms with Crippen LogP contribution < -0.4 is 9.47 Å². The van der Waals surface area contributed by atoms with Crippen molar-refractivity contribution in [3.63, 3.8) is 0 Å². The third-order valence-corrected chi connectivity index (χ3v) is 3.73. The van der Waals surface area contributed by atoms with E-state index in [0.29, 0.717) is 17.3 Å². The smallest absolute Gasteiger partial charge is 0.406 e. The summed E-state index contributed by atoms with van der Waals surface area (Å²) in [5, 5.41) is 0. The number of hydrogen-bond donors (Lipinski definition) is 0. The molecule has 0 bridgehead atoms. The molecule has 5 nitrogen and oxygen atoms in total. The molecule has 0 saturated heterocycles. The second-order valence-corrected chi connectivity index (χ2v) is 5.63. The van der Waals surface area contributed by atoms with Crippen LogP contribution in [0.2, 0.25) is 0 Å². The number of amides is 1. The van der Waals surface area contributed by atoms with Gasteiger partial charge in [-0.2, -0.15) is 13.2 Å². The van der Waals surface area contributed by atoms with Crippen molar-refractivity contribution in [1.82, 2.24) is 4.90 Å². The zero-order valence-corrected chi connectivity index (χ0v) is 14.5. The lowest BCUT2D eigenvalue weighted by Crippen LogP contribution is -2.38. The van der Waals surface area contributed by atoms with Gasteiger partial charge in [0.2, 0.25) is 5.91 Å². The van der Waals surface area contributed by atoms with E-state index in [4.69, 9.17) is 13.9 Å². The van der Waals surface area contributed by atoms with E-state index in [1.165, 1.54) is 26.5 Å². The van der Waals surface area contributed by atoms with Gasteiger partial charge in [0, 0.05) is 6.42 Å². The van der Waals surface area contributed by atoms with Crippen molar-refractivity contribution in [2.75, 3.05) is 20.8 Å². The van der Waals surface area contributed by atoms with Gasteiger partial charge in [-0.15, -0.1) is 0 Å². The molecule has 0 fully saturated rings. The molecular weight excluding hydrogens is 351 g/mol. The van der Waals surface area contributed by atoms with Crippen LogP contribution in [0.4, 0.5) is 13.2 Å². The summed E-state index contributed by atoms with van der Waals surface area (Å²) in [5.74, 6) is 0.738. The fourth-order valence-electron chi connectivity index (χ4n) is 2.48. The van der Waals surface area contributed by atoms with Crippen LogP contribution in [0, 0.1) is 0 Å². The third kappa shape index (κ3) is 5.72. The molecule has 0 atom stereocenters. The summed E-state index contributed by atoms with van der Waals surface area (Å²) in [6, 6.07) is 8.23. The van der Waals surface area contributed by atoms with Crippen molar-refractivity contribution in [3.05, 3.63) is 47.9 Å². The van der Waals surface area contributed by atoms with E-state index in [2.05, 4.69) is 0 Å². The maximum Gasteiger partial charge on any atom is 0.406 e. The highest BCUT2D eigenvalue weighted by Gasteiger charge is 2.33. The zero-order chi connectivity index (χ0) is 19.2. The number of halogens is 3. The van der Waals surface area contributed by atoms with E-state index in [0.717, 1.165) is 10.5 Å². The molecule has 0 aliphatic carbocycles. The minimum atomic E-state index is -4.48. The van der Waals surface area contributed by atoms with Crippen molar-refractivity contribution in [2.24, 2.45) is 0 Å². The Morgan fingerprint density at radius 3 is 2.46 bits per heavy atom. The molecule has 1 heterocycles. The number of aryl methyl sites for hydroxylation is 1. The summed E-state index contributed by atoms with van der Waals surface area (Å²) in [4.78, 5) is 13.1. The summed E-state index contributed by atoms with van der Waals surface area (Å²) in [6.45, 7) is -1.55. The summed E-state index contributed by atoms with van der Waals surface area (Å²) >= 11 is 0. The van der Waals surface area contributed by atoms with Crippen LogP contribution in [-0.2, 0) is 17.8 Å². The van der Waals surface area contributed by atoms with Crippen molar-refractivity contribution in [2.45, 2.75) is 25.6 Å². The molecule has 1 aromatic carbocycles. The Kier molecular flexibility index (Phi) is 6.54. The molecule has 0 aliphatic heterocycles. The number of furan rings is 1. The molecule has 1 amide bonds. The molecule has 0 N–H and O–H groups in total. The highest BCUT2D eigenvalue weighted by Crippen LogP contribution is 2.28. The molecule has 0 spiro atoms. The van der Waals surface area contributed by atoms with Gasteiger partial charge in [-0.1, -0.05) is 6.07 Å². The second kappa shape index (κ2) is 8.64. The minimum Gasteiger partial charge on any atom is -0.493 e. The monoisotopic (exact) mass is 371 g/mol. The SMILES string of the molecule is COc1ccc(CCC(=O)N(Cc2ccco2)CC(F)(F)F)cc1OC. The van der Waals surface area contributed by atoms with E-state index < -0.39 is 18.6 Å². The number of benzene rings is 1. The van der Waals surface area contributed by atoms with E-state index in [1.807, 2.05) is 0 Å². The number of rotatable bonds is 8. The van der Waals surface area contributed by atoms with E-state index in [1.54, 1.807) is 24.3 Å². The summed E-state index contributed by atoms with van der Waals surface area (Å²) < 4.78 is 53.7. The van der Waals surface area contributed by atoms with E-state index >= 15 is 0 Å². The fraction of sp³-hybridized carbons (Fsp3) is 0.389. The van der Waals surface area contributed by atoms with Gasteiger partial charge in [-0.3, -0.25) is 4.79 Å². The maximum absolute atomic E-state index is 12.8. The number of alkyl halides is 3. The Balaban J connectivity index is 2.04. The van der Waals surface area contributed by atoms with Gasteiger partial charge in [0.15, 0.2) is 11.5 Å². The first-order valence-electron chi connectivity index (χ1n) is 7.90. The van der Waals surface area contributed by atoms with Crippen molar-refractivity contribution in [3.8, 4) is 11.5 Å². The van der Waals surface area contributed by atoms with Crippen LogP contribution in [0.15, 0.2) is 41.0 Å². The fourth-order valence-corrected chi connectivity index (χ4v) is 2.48. The first-order valence-corrected chi connectivity index (χ1v) is 7.90. The molecule has 2 rings (SSSR count). The summed E-state index contributed by atoms with van der Waals surface area (Å²) in [7, 11) is 2.99. The molecule has 26 heavy (non-hydrogen) atoms. The van der Waals surface area contributed by atoms with E-state index in [-0.39, 0.29) is 19.4 Å². The molecule has 0 unspecified atom stereocenters. The van der Waals surface area contributed by atoms with Gasteiger partial charge in [0.05, 0.1) is 27.0 Å². The number of methoxy groups -OCH3 is 2. The van der Waals surface area contributed by atoms with Crippen molar-refractivity contribution < 1.29 is 31.9 Å². The molecule has 0 radical (unpaired) electrons. The molecular formula is C18H20F3NO4. The Bertz CT molecular complexity index is 714. The van der Waals surface area contributed by atoms with E-state index in [9.17, 15) is 18.0 Å². The van der Waals surface area contributed by atoms with Crippen LogP contribution in [-0.4, -0.2) is 37.7 Å². The second-order valence-electron chi connectivity index (χ2n) is 5.63. The third-order valence-electron chi connectivity index (χ3n) is 3.73. The van der Waals surface area contributed by atoms with Gasteiger partial charge in [-0.05, 0) is 36.2 Å². The lowest BCUT2D eigenvalue weighted by molar-refractivity contribution is -0.162. The first kappa shape index (κ1) is 19.7. The number of ether oxygens (including phenoxy) is 2. The highest BCUT2D eigenvalue weighted by atomic mass is 19.4. The number of hydrogen-bond acceptors (Lipinski definition) is 4. The van der Waals surface area contributed by atoms with Crippen LogP contribution in [0.3, 0.4) is 0 Å². The predicted molar refractivity (Wildman–Crippen MR) is 88.0 cm³/mol. The number of nitrogens with zero attached hydrogens (tertiary/aromatic N) is 1. The molecule has 8 heteroatoms. The topological polar surface area (TPSA) is 51.9 Å². The predicted octanol–water partition coefficient (Wildman–Crippen LogP) is 3.82. The minimum absolute atomic E-state index is 0.0632. The van der Waals surface area contributed by atoms with Gasteiger partial charge in [0.1, 0.15) is 12.3 Å². The molecule has 1 aromatic heterocycles. The van der Waals surface area contributed by atoms with Gasteiger partial charge in [0.25, 0.3) is 0 Å². The largest absolute Gasteiger partial charge is 0.493 e. The molecule has 0 saturated carbocycles. The number of carbonyl (C=O) groups is 1. The average molecular weight is 371 g/mol. The normalized spacial score (nSPS) is 11.3. The first-order chi connectivity index (χ1) is 12.3. The number of carbonyl (C=O) groups excluding carboxylic acids is 1. The van der Waals surface area contributed by atoms with Crippen molar-refractivity contribution >= 4 is 5.91 Å². The highest BCUT2D eigenvalue weighted by molar-refractivity contribution is 5.76. The Morgan fingerprint density at radius 2 is 1.88 bits per heavy atom.